The molecule has 1 aromatic rings. The van der Waals surface area contributed by atoms with Crippen molar-refractivity contribution in [2.75, 3.05) is 6.54 Å². The molecule has 0 aromatic heterocycles. The quantitative estimate of drug-likeness (QED) is 0.504. The van der Waals surface area contributed by atoms with Crippen LogP contribution < -0.4 is 5.32 Å². The highest BCUT2D eigenvalue weighted by molar-refractivity contribution is 5.97. The first-order valence-corrected chi connectivity index (χ1v) is 5.87. The van der Waals surface area contributed by atoms with Crippen LogP contribution in [0, 0.1) is 23.2 Å². The summed E-state index contributed by atoms with van der Waals surface area (Å²) in [5.41, 5.74) is 1.22. The monoisotopic (exact) mass is 254 g/mol. The zero-order valence-electron chi connectivity index (χ0n) is 10.7. The molecule has 0 fully saturated rings. The number of ketones is 1. The molecule has 0 bridgehead atoms. The number of benzene rings is 1. The molecule has 4 nitrogen and oxygen atoms in total. The molecule has 1 aromatic carbocycles. The molecular formula is C15H14N2O2. The number of amides is 1. The molecule has 0 aliphatic rings. The van der Waals surface area contributed by atoms with Crippen molar-refractivity contribution in [3.63, 3.8) is 0 Å². The Morgan fingerprint density at radius 1 is 1.37 bits per heavy atom. The molecule has 0 radical (unpaired) electrons. The lowest BCUT2D eigenvalue weighted by atomic mass is 10.1. The van der Waals surface area contributed by atoms with Gasteiger partial charge in [-0.15, -0.1) is 0 Å². The summed E-state index contributed by atoms with van der Waals surface area (Å²) in [6, 6.07) is 8.71. The van der Waals surface area contributed by atoms with Crippen LogP contribution in [0.25, 0.3) is 0 Å². The minimum absolute atomic E-state index is 0.0779. The van der Waals surface area contributed by atoms with Crippen molar-refractivity contribution in [3.8, 4) is 17.9 Å². The van der Waals surface area contributed by atoms with Crippen molar-refractivity contribution in [1.82, 2.24) is 5.32 Å². The molecule has 4 heteroatoms. The first-order chi connectivity index (χ1) is 9.13. The van der Waals surface area contributed by atoms with Crippen LogP contribution in [-0.4, -0.2) is 18.2 Å². The van der Waals surface area contributed by atoms with E-state index in [-0.39, 0.29) is 18.1 Å². The first kappa shape index (κ1) is 14.5. The van der Waals surface area contributed by atoms with Crippen LogP contribution in [0.4, 0.5) is 0 Å². The number of Topliss-reactive ketones (excluding diaryl/α,β-unsaturated/α-hetero) is 1. The summed E-state index contributed by atoms with van der Waals surface area (Å²) in [5.74, 6) is 5.55. The zero-order chi connectivity index (χ0) is 14.1. The van der Waals surface area contributed by atoms with Gasteiger partial charge in [0.05, 0.1) is 12.5 Å². The molecule has 0 atom stereocenters. The molecule has 0 saturated carbocycles. The highest BCUT2D eigenvalue weighted by Gasteiger charge is 2.04. The Morgan fingerprint density at radius 2 is 2.16 bits per heavy atom. The van der Waals surface area contributed by atoms with E-state index >= 15 is 0 Å². The van der Waals surface area contributed by atoms with Gasteiger partial charge in [-0.3, -0.25) is 9.59 Å². The summed E-state index contributed by atoms with van der Waals surface area (Å²) in [5, 5.41) is 11.1. The minimum atomic E-state index is -0.204. The minimum Gasteiger partial charge on any atom is -0.355 e. The zero-order valence-corrected chi connectivity index (χ0v) is 10.7. The lowest BCUT2D eigenvalue weighted by Gasteiger charge is -1.97. The van der Waals surface area contributed by atoms with Gasteiger partial charge in [-0.1, -0.05) is 24.0 Å². The van der Waals surface area contributed by atoms with Crippen molar-refractivity contribution in [2.24, 2.45) is 0 Å². The van der Waals surface area contributed by atoms with Crippen molar-refractivity contribution >= 4 is 11.7 Å². The summed E-state index contributed by atoms with van der Waals surface area (Å²) >= 11 is 0. The molecular weight excluding hydrogens is 240 g/mol. The summed E-state index contributed by atoms with van der Waals surface area (Å²) in [4.78, 5) is 22.2. The lowest BCUT2D eigenvalue weighted by molar-refractivity contribution is -0.118. The molecule has 1 amide bonds. The van der Waals surface area contributed by atoms with Gasteiger partial charge in [0.2, 0.25) is 5.91 Å². The molecule has 0 aliphatic carbocycles. The van der Waals surface area contributed by atoms with Gasteiger partial charge in [0, 0.05) is 31.0 Å². The molecule has 1 rings (SSSR count). The van der Waals surface area contributed by atoms with E-state index in [2.05, 4.69) is 17.2 Å². The van der Waals surface area contributed by atoms with E-state index in [0.717, 1.165) is 5.56 Å². The molecule has 0 spiro atoms. The maximum absolute atomic E-state index is 11.5. The van der Waals surface area contributed by atoms with E-state index in [1.165, 1.54) is 6.92 Å². The molecule has 19 heavy (non-hydrogen) atoms. The van der Waals surface area contributed by atoms with Crippen LogP contribution in [0.5, 0.6) is 0 Å². The Balaban J connectivity index is 2.63. The summed E-state index contributed by atoms with van der Waals surface area (Å²) in [6.07, 6.45) is 0.426. The Bertz CT molecular complexity index is 574. The Hall–Kier alpha value is -2.59. The van der Waals surface area contributed by atoms with Gasteiger partial charge in [-0.2, -0.15) is 5.26 Å². The van der Waals surface area contributed by atoms with Gasteiger partial charge in [-0.05, 0) is 12.1 Å². The van der Waals surface area contributed by atoms with Crippen LogP contribution in [0.15, 0.2) is 24.3 Å². The van der Waals surface area contributed by atoms with Gasteiger partial charge in [-0.25, -0.2) is 0 Å². The Kier molecular flexibility index (Phi) is 5.85. The van der Waals surface area contributed by atoms with Crippen LogP contribution in [0.2, 0.25) is 0 Å². The third-order valence-corrected chi connectivity index (χ3v) is 2.28. The fourth-order valence-electron chi connectivity index (χ4n) is 1.41. The number of nitriles is 1. The number of rotatable bonds is 4. The second kappa shape index (κ2) is 7.68. The number of hydrogen-bond acceptors (Lipinski definition) is 3. The Morgan fingerprint density at radius 3 is 2.84 bits per heavy atom. The van der Waals surface area contributed by atoms with Crippen LogP contribution in [-0.2, 0) is 4.79 Å². The second-order valence-corrected chi connectivity index (χ2v) is 3.87. The van der Waals surface area contributed by atoms with Crippen LogP contribution in [0.3, 0.4) is 0 Å². The van der Waals surface area contributed by atoms with E-state index in [0.29, 0.717) is 18.5 Å². The number of nitrogens with one attached hydrogen (secondary N) is 1. The average Bonchev–Trinajstić information content (AvgIpc) is 2.38. The van der Waals surface area contributed by atoms with Crippen molar-refractivity contribution in [1.29, 1.82) is 5.26 Å². The van der Waals surface area contributed by atoms with Gasteiger partial charge < -0.3 is 5.32 Å². The predicted octanol–water partition coefficient (Wildman–Crippen LogP) is 1.66. The van der Waals surface area contributed by atoms with Crippen molar-refractivity contribution in [3.05, 3.63) is 35.4 Å². The summed E-state index contributed by atoms with van der Waals surface area (Å²) in [6.45, 7) is 1.97. The van der Waals surface area contributed by atoms with Gasteiger partial charge in [0.25, 0.3) is 0 Å². The van der Waals surface area contributed by atoms with Crippen LogP contribution in [0.1, 0.15) is 35.7 Å². The van der Waals surface area contributed by atoms with Crippen molar-refractivity contribution in [2.45, 2.75) is 19.8 Å². The maximum atomic E-state index is 11.5. The van der Waals surface area contributed by atoms with Gasteiger partial charge in [0.15, 0.2) is 5.78 Å². The lowest BCUT2D eigenvalue weighted by Crippen LogP contribution is -2.20. The smallest absolute Gasteiger partial charge is 0.216 e. The normalized spacial score (nSPS) is 8.84. The van der Waals surface area contributed by atoms with E-state index < -0.39 is 0 Å². The number of carbonyl (C=O) groups excluding carboxylic acids is 2. The highest BCUT2D eigenvalue weighted by Crippen LogP contribution is 2.06. The molecule has 0 aliphatic heterocycles. The summed E-state index contributed by atoms with van der Waals surface area (Å²) < 4.78 is 0. The molecule has 1 N–H and O–H groups in total. The topological polar surface area (TPSA) is 70.0 Å². The SMILES string of the molecule is CC(=O)NCCC#Cc1cccc(C(=O)CC#N)c1. The summed E-state index contributed by atoms with van der Waals surface area (Å²) in [7, 11) is 0. The van der Waals surface area contributed by atoms with E-state index in [4.69, 9.17) is 5.26 Å². The number of carbonyl (C=O) groups is 2. The molecule has 0 heterocycles. The predicted molar refractivity (Wildman–Crippen MR) is 71.2 cm³/mol. The average molecular weight is 254 g/mol. The van der Waals surface area contributed by atoms with Crippen LogP contribution >= 0.6 is 0 Å². The van der Waals surface area contributed by atoms with E-state index in [1.807, 2.05) is 6.07 Å². The Labute approximate surface area is 112 Å². The van der Waals surface area contributed by atoms with Gasteiger partial charge in [0.1, 0.15) is 0 Å². The van der Waals surface area contributed by atoms with Gasteiger partial charge >= 0.3 is 0 Å². The number of nitrogens with zero attached hydrogens (tertiary/aromatic N) is 1. The standard InChI is InChI=1S/C15H14N2O2/c1-12(18)17-10-3-2-5-13-6-4-7-14(11-13)15(19)8-9-16/h4,6-7,11H,3,8,10H2,1H3,(H,17,18). The molecule has 0 unspecified atom stereocenters. The maximum Gasteiger partial charge on any atom is 0.216 e. The third kappa shape index (κ3) is 5.52. The third-order valence-electron chi connectivity index (χ3n) is 2.28. The second-order valence-electron chi connectivity index (χ2n) is 3.87. The fourth-order valence-corrected chi connectivity index (χ4v) is 1.41. The molecule has 0 saturated heterocycles. The van der Waals surface area contributed by atoms with E-state index in [9.17, 15) is 9.59 Å². The molecule has 96 valence electrons. The largest absolute Gasteiger partial charge is 0.355 e. The number of hydrogen-bond donors (Lipinski definition) is 1. The van der Waals surface area contributed by atoms with Crippen molar-refractivity contribution < 1.29 is 9.59 Å². The van der Waals surface area contributed by atoms with E-state index in [1.54, 1.807) is 24.3 Å². The first-order valence-electron chi connectivity index (χ1n) is 5.87. The highest BCUT2D eigenvalue weighted by atomic mass is 16.1. The fraction of sp³-hybridized carbons (Fsp3) is 0.267.